The summed E-state index contributed by atoms with van der Waals surface area (Å²) in [5, 5.41) is 13.3. The normalized spacial score (nSPS) is 18.1. The van der Waals surface area contributed by atoms with Crippen LogP contribution in [-0.2, 0) is 13.0 Å². The van der Waals surface area contributed by atoms with Crippen LogP contribution in [0.1, 0.15) is 41.8 Å². The van der Waals surface area contributed by atoms with E-state index in [1.807, 2.05) is 16.8 Å². The number of aromatic amines is 1. The van der Waals surface area contributed by atoms with Gasteiger partial charge in [-0.3, -0.25) is 4.68 Å². The van der Waals surface area contributed by atoms with Gasteiger partial charge in [-0.25, -0.2) is 14.4 Å². The summed E-state index contributed by atoms with van der Waals surface area (Å²) in [4.78, 5) is 12.0. The van der Waals surface area contributed by atoms with Gasteiger partial charge in [-0.1, -0.05) is 54.0 Å². The predicted octanol–water partition coefficient (Wildman–Crippen LogP) is 6.51. The van der Waals surface area contributed by atoms with Gasteiger partial charge in [0.25, 0.3) is 0 Å². The summed E-state index contributed by atoms with van der Waals surface area (Å²) in [6.07, 6.45) is 8.49. The fourth-order valence-corrected chi connectivity index (χ4v) is 6.63. The Morgan fingerprint density at radius 2 is 1.95 bits per heavy atom. The van der Waals surface area contributed by atoms with E-state index in [9.17, 15) is 4.39 Å². The number of hydrogen-bond donors (Lipinski definition) is 3. The van der Waals surface area contributed by atoms with Crippen LogP contribution in [0.4, 0.5) is 10.3 Å². The van der Waals surface area contributed by atoms with Gasteiger partial charge in [0.15, 0.2) is 0 Å². The van der Waals surface area contributed by atoms with E-state index in [1.165, 1.54) is 5.56 Å². The van der Waals surface area contributed by atoms with Crippen LogP contribution in [0, 0.1) is 0 Å². The average molecular weight is 592 g/mol. The number of aromatic nitrogens is 6. The van der Waals surface area contributed by atoms with Crippen molar-refractivity contribution in [3.8, 4) is 11.1 Å². The van der Waals surface area contributed by atoms with Gasteiger partial charge in [0.2, 0.25) is 5.95 Å². The van der Waals surface area contributed by atoms with Gasteiger partial charge < -0.3 is 20.2 Å². The molecule has 1 saturated heterocycles. The van der Waals surface area contributed by atoms with E-state index >= 15 is 0 Å². The number of anilines is 1. The van der Waals surface area contributed by atoms with Crippen LogP contribution < -0.4 is 10.6 Å². The largest absolute Gasteiger partial charge is 0.331 e. The van der Waals surface area contributed by atoms with Crippen molar-refractivity contribution in [2.24, 2.45) is 0 Å². The van der Waals surface area contributed by atoms with Crippen LogP contribution in [0.3, 0.4) is 0 Å². The van der Waals surface area contributed by atoms with Gasteiger partial charge in [-0.15, -0.1) is 0 Å². The van der Waals surface area contributed by atoms with E-state index in [0.717, 1.165) is 42.8 Å². The first-order valence-corrected chi connectivity index (χ1v) is 14.5. The average Bonchev–Trinajstić information content (AvgIpc) is 3.78. The lowest BCUT2D eigenvalue weighted by atomic mass is 9.89. The second-order valence-corrected chi connectivity index (χ2v) is 11.5. The molecule has 0 saturated carbocycles. The number of fused-ring (bicyclic) bond motifs is 2. The minimum atomic E-state index is -0.956. The number of nitrogens with zero attached hydrogens (tertiary/aromatic N) is 5. The van der Waals surface area contributed by atoms with Gasteiger partial charge in [-0.2, -0.15) is 5.10 Å². The molecule has 3 N–H and O–H groups in total. The lowest BCUT2D eigenvalue weighted by molar-refractivity contribution is 0.328. The lowest BCUT2D eigenvalue weighted by Gasteiger charge is -2.23. The SMILES string of the molecule is C=C(Nc1ncc[nH]1)C(c1ncn2c1C[C@@H](F)C2)n1cc2c(Cl)cc(-c3ccc(C4CCNCC4)cc3)c(Cl)c2n1. The van der Waals surface area contributed by atoms with Crippen molar-refractivity contribution in [3.05, 3.63) is 94.5 Å². The molecule has 41 heavy (non-hydrogen) atoms. The molecule has 1 unspecified atom stereocenters. The number of hydrogen-bond acceptors (Lipinski definition) is 5. The van der Waals surface area contributed by atoms with Gasteiger partial charge in [0.05, 0.1) is 28.6 Å². The maximum atomic E-state index is 14.3. The van der Waals surface area contributed by atoms with Crippen LogP contribution in [-0.4, -0.2) is 48.6 Å². The molecule has 7 rings (SSSR count). The maximum absolute atomic E-state index is 14.3. The predicted molar refractivity (Wildman–Crippen MR) is 160 cm³/mol. The number of halogens is 3. The van der Waals surface area contributed by atoms with E-state index in [0.29, 0.717) is 44.2 Å². The third-order valence-corrected chi connectivity index (χ3v) is 8.85. The zero-order valence-corrected chi connectivity index (χ0v) is 23.8. The smallest absolute Gasteiger partial charge is 0.204 e. The molecule has 11 heteroatoms. The third-order valence-electron chi connectivity index (χ3n) is 8.16. The van der Waals surface area contributed by atoms with Gasteiger partial charge in [0.1, 0.15) is 17.7 Å². The van der Waals surface area contributed by atoms with Crippen LogP contribution in [0.2, 0.25) is 10.0 Å². The number of piperidine rings is 1. The molecule has 1 fully saturated rings. The molecule has 2 atom stereocenters. The topological polar surface area (TPSA) is 88.4 Å². The Morgan fingerprint density at radius 1 is 1.15 bits per heavy atom. The standard InChI is InChI=1S/C30H29Cl2FN8/c1-17(38-30-35-10-11-36-30)29(28-25-12-21(33)14-40(25)16-37-28)41-15-23-24(31)13-22(26(32)27(23)39-41)20-4-2-18(3-5-20)19-6-8-34-9-7-19/h2-5,10-11,13,15-16,19,21,29,34H,1,6-9,12,14H2,(H2,35,36,38)/t21-,29?/m1/s1. The maximum Gasteiger partial charge on any atom is 0.204 e. The van der Waals surface area contributed by atoms with Crippen molar-refractivity contribution < 1.29 is 4.39 Å². The molecule has 3 aromatic heterocycles. The molecular formula is C30H29Cl2FN8. The summed E-state index contributed by atoms with van der Waals surface area (Å²) in [6, 6.07) is 9.93. The Morgan fingerprint density at radius 3 is 2.71 bits per heavy atom. The number of benzene rings is 2. The number of imidazole rings is 2. The summed E-state index contributed by atoms with van der Waals surface area (Å²) in [5.74, 6) is 1.10. The molecule has 2 aliphatic heterocycles. The summed E-state index contributed by atoms with van der Waals surface area (Å²) >= 11 is 13.9. The highest BCUT2D eigenvalue weighted by atomic mass is 35.5. The first kappa shape index (κ1) is 26.3. The number of alkyl halides is 1. The number of allylic oxidation sites excluding steroid dienone is 1. The number of H-pyrrole nitrogens is 1. The van der Waals surface area contributed by atoms with Crippen LogP contribution >= 0.6 is 23.2 Å². The zero-order chi connectivity index (χ0) is 28.1. The molecule has 0 amide bonds. The molecule has 2 aliphatic rings. The van der Waals surface area contributed by atoms with Crippen molar-refractivity contribution in [2.45, 2.75) is 43.9 Å². The molecule has 2 aromatic carbocycles. The van der Waals surface area contributed by atoms with E-state index in [-0.39, 0.29) is 13.0 Å². The molecule has 0 aliphatic carbocycles. The Hall–Kier alpha value is -3.66. The molecule has 5 aromatic rings. The van der Waals surface area contributed by atoms with Gasteiger partial charge >= 0.3 is 0 Å². The fourth-order valence-electron chi connectivity index (χ4n) is 6.08. The minimum absolute atomic E-state index is 0.277. The highest BCUT2D eigenvalue weighted by molar-refractivity contribution is 6.42. The Balaban J connectivity index is 1.28. The summed E-state index contributed by atoms with van der Waals surface area (Å²) in [5.41, 5.74) is 5.77. The van der Waals surface area contributed by atoms with Crippen LogP contribution in [0.25, 0.3) is 22.0 Å². The van der Waals surface area contributed by atoms with Gasteiger partial charge in [-0.05, 0) is 49.0 Å². The Labute approximate surface area is 246 Å². The summed E-state index contributed by atoms with van der Waals surface area (Å²) in [6.45, 7) is 6.67. The van der Waals surface area contributed by atoms with Crippen molar-refractivity contribution in [2.75, 3.05) is 18.4 Å². The van der Waals surface area contributed by atoms with E-state index in [2.05, 4.69) is 56.4 Å². The van der Waals surface area contributed by atoms with Crippen molar-refractivity contribution >= 4 is 40.1 Å². The van der Waals surface area contributed by atoms with E-state index in [4.69, 9.17) is 28.3 Å². The molecule has 210 valence electrons. The Kier molecular flexibility index (Phi) is 6.81. The van der Waals surface area contributed by atoms with Crippen molar-refractivity contribution in [3.63, 3.8) is 0 Å². The zero-order valence-electron chi connectivity index (χ0n) is 22.2. The monoisotopic (exact) mass is 590 g/mol. The van der Waals surface area contributed by atoms with Crippen molar-refractivity contribution in [1.82, 2.24) is 34.6 Å². The Bertz CT molecular complexity index is 1720. The minimum Gasteiger partial charge on any atom is -0.331 e. The highest BCUT2D eigenvalue weighted by Crippen LogP contribution is 2.40. The van der Waals surface area contributed by atoms with E-state index in [1.54, 1.807) is 23.4 Å². The lowest BCUT2D eigenvalue weighted by Crippen LogP contribution is -2.26. The molecule has 5 heterocycles. The summed E-state index contributed by atoms with van der Waals surface area (Å²) < 4.78 is 17.9. The quantitative estimate of drug-likeness (QED) is 0.201. The third kappa shape index (κ3) is 4.81. The second-order valence-electron chi connectivity index (χ2n) is 10.8. The van der Waals surface area contributed by atoms with E-state index < -0.39 is 12.2 Å². The van der Waals surface area contributed by atoms with Gasteiger partial charge in [0, 0.05) is 47.4 Å². The molecule has 8 nitrogen and oxygen atoms in total. The number of nitrogens with one attached hydrogen (secondary N) is 3. The van der Waals surface area contributed by atoms with Crippen LogP contribution in [0.5, 0.6) is 0 Å². The van der Waals surface area contributed by atoms with Crippen LogP contribution in [0.15, 0.2) is 67.5 Å². The second kappa shape index (κ2) is 10.6. The highest BCUT2D eigenvalue weighted by Gasteiger charge is 2.32. The summed E-state index contributed by atoms with van der Waals surface area (Å²) in [7, 11) is 0. The molecule has 0 spiro atoms. The first-order valence-electron chi connectivity index (χ1n) is 13.8. The number of rotatable bonds is 7. The fraction of sp³-hybridized carbons (Fsp3) is 0.300. The molecular weight excluding hydrogens is 562 g/mol. The molecule has 0 bridgehead atoms. The van der Waals surface area contributed by atoms with Crippen molar-refractivity contribution in [1.29, 1.82) is 0 Å². The molecule has 0 radical (unpaired) electrons. The first-order chi connectivity index (χ1) is 20.0.